The van der Waals surface area contributed by atoms with Crippen molar-refractivity contribution in [1.29, 1.82) is 0 Å². The maximum atomic E-state index is 11.8. The number of anilines is 1. The van der Waals surface area contributed by atoms with Crippen LogP contribution in [0, 0.1) is 17.0 Å². The second kappa shape index (κ2) is 6.83. The fourth-order valence-corrected chi connectivity index (χ4v) is 2.24. The molecule has 1 aromatic heterocycles. The van der Waals surface area contributed by atoms with Crippen LogP contribution in [0.15, 0.2) is 24.4 Å². The van der Waals surface area contributed by atoms with Gasteiger partial charge in [-0.25, -0.2) is 9.78 Å². The molecule has 1 heterocycles. The van der Waals surface area contributed by atoms with Crippen molar-refractivity contribution in [2.45, 2.75) is 6.92 Å². The van der Waals surface area contributed by atoms with E-state index in [2.05, 4.69) is 10.3 Å². The number of nitrogens with zero attached hydrogens (tertiary/aromatic N) is 2. The molecule has 9 nitrogen and oxygen atoms in total. The molecule has 1 amide bonds. The number of aryl methyl sites for hydroxylation is 1. The van der Waals surface area contributed by atoms with E-state index >= 15 is 0 Å². The highest BCUT2D eigenvalue weighted by Gasteiger charge is 2.17. The van der Waals surface area contributed by atoms with Crippen molar-refractivity contribution in [3.05, 3.63) is 45.6 Å². The lowest BCUT2D eigenvalue weighted by Crippen LogP contribution is -2.20. The quantitative estimate of drug-likeness (QED) is 0.483. The topological polar surface area (TPSA) is 132 Å². The molecule has 0 saturated heterocycles. The maximum Gasteiger partial charge on any atom is 0.345 e. The molecule has 0 fully saturated rings. The van der Waals surface area contributed by atoms with Gasteiger partial charge < -0.3 is 9.84 Å². The van der Waals surface area contributed by atoms with Crippen LogP contribution in [-0.4, -0.2) is 33.5 Å². The lowest BCUT2D eigenvalue weighted by molar-refractivity contribution is -0.380. The minimum absolute atomic E-state index is 0.0242. The molecule has 2 rings (SSSR count). The average Bonchev–Trinajstić information content (AvgIpc) is 2.96. The summed E-state index contributed by atoms with van der Waals surface area (Å²) < 4.78 is 4.78. The van der Waals surface area contributed by atoms with Crippen molar-refractivity contribution in [2.24, 2.45) is 0 Å². The third-order valence-corrected chi connectivity index (χ3v) is 3.58. The Morgan fingerprint density at radius 3 is 2.87 bits per heavy atom. The van der Waals surface area contributed by atoms with Crippen molar-refractivity contribution in [1.82, 2.24) is 4.98 Å². The van der Waals surface area contributed by atoms with E-state index in [1.54, 1.807) is 19.1 Å². The number of carbonyl (C=O) groups excluding carboxylic acids is 2. The number of para-hydroxylation sites is 1. The molecule has 0 unspecified atom stereocenters. The molecule has 0 saturated carbocycles. The van der Waals surface area contributed by atoms with Gasteiger partial charge in [-0.3, -0.25) is 20.2 Å². The number of phenolic OH excluding ortho intramolecular Hbond substituents is 1. The lowest BCUT2D eigenvalue weighted by Gasteiger charge is -2.07. The Bertz CT molecular complexity index is 773. The SMILES string of the molecule is Cc1cccc(C(=O)OCC(=O)Nc2ncc([N+](=O)[O-])s2)c1O. The number of carbonyl (C=O) groups is 2. The van der Waals surface area contributed by atoms with E-state index in [1.807, 2.05) is 0 Å². The van der Waals surface area contributed by atoms with Crippen LogP contribution in [0.1, 0.15) is 15.9 Å². The maximum absolute atomic E-state index is 11.8. The first-order valence-electron chi connectivity index (χ1n) is 6.24. The van der Waals surface area contributed by atoms with E-state index in [1.165, 1.54) is 6.07 Å². The summed E-state index contributed by atoms with van der Waals surface area (Å²) in [5.74, 6) is -1.77. The Hall–Kier alpha value is -3.01. The van der Waals surface area contributed by atoms with Crippen LogP contribution < -0.4 is 5.32 Å². The largest absolute Gasteiger partial charge is 0.507 e. The molecule has 0 spiro atoms. The molecule has 2 N–H and O–H groups in total. The summed E-state index contributed by atoms with van der Waals surface area (Å²) in [6.07, 6.45) is 1.01. The zero-order valence-corrected chi connectivity index (χ0v) is 12.6. The number of benzene rings is 1. The van der Waals surface area contributed by atoms with Gasteiger partial charge in [0.15, 0.2) is 11.7 Å². The summed E-state index contributed by atoms with van der Waals surface area (Å²) in [6.45, 7) is 1.01. The monoisotopic (exact) mass is 337 g/mol. The fraction of sp³-hybridized carbons (Fsp3) is 0.154. The van der Waals surface area contributed by atoms with E-state index in [0.29, 0.717) is 16.9 Å². The van der Waals surface area contributed by atoms with E-state index < -0.39 is 23.4 Å². The van der Waals surface area contributed by atoms with Gasteiger partial charge in [0.05, 0.1) is 4.92 Å². The average molecular weight is 337 g/mol. The summed E-state index contributed by atoms with van der Waals surface area (Å²) in [6, 6.07) is 4.56. The molecule has 0 atom stereocenters. The van der Waals surface area contributed by atoms with Crippen molar-refractivity contribution < 1.29 is 24.4 Å². The Morgan fingerprint density at radius 1 is 1.48 bits per heavy atom. The second-order valence-electron chi connectivity index (χ2n) is 4.36. The first kappa shape index (κ1) is 16.4. The highest BCUT2D eigenvalue weighted by molar-refractivity contribution is 7.18. The fourth-order valence-electron chi connectivity index (χ4n) is 1.60. The standard InChI is InChI=1S/C13H11N3O6S/c1-7-3-2-4-8(11(7)18)12(19)22-6-9(17)15-13-14-5-10(23-13)16(20)21/h2-5,18H,6H2,1H3,(H,14,15,17). The summed E-state index contributed by atoms with van der Waals surface area (Å²) >= 11 is 0.682. The number of phenols is 1. The molecule has 0 radical (unpaired) electrons. The second-order valence-corrected chi connectivity index (χ2v) is 5.37. The molecule has 0 aliphatic carbocycles. The smallest absolute Gasteiger partial charge is 0.345 e. The number of aromatic hydroxyl groups is 1. The van der Waals surface area contributed by atoms with E-state index in [4.69, 9.17) is 4.74 Å². The molecule has 0 aliphatic heterocycles. The molecule has 23 heavy (non-hydrogen) atoms. The van der Waals surface area contributed by atoms with Gasteiger partial charge >= 0.3 is 11.0 Å². The molecule has 120 valence electrons. The predicted molar refractivity (Wildman–Crippen MR) is 80.5 cm³/mol. The third-order valence-electron chi connectivity index (χ3n) is 2.71. The van der Waals surface area contributed by atoms with Gasteiger partial charge in [-0.2, -0.15) is 0 Å². The molecule has 0 aliphatic rings. The number of esters is 1. The molecule has 10 heteroatoms. The lowest BCUT2D eigenvalue weighted by atomic mass is 10.1. The number of nitrogens with one attached hydrogen (secondary N) is 1. The van der Waals surface area contributed by atoms with Crippen molar-refractivity contribution in [3.8, 4) is 5.75 Å². The summed E-state index contributed by atoms with van der Waals surface area (Å²) in [5.41, 5.74) is 0.446. The summed E-state index contributed by atoms with van der Waals surface area (Å²) in [7, 11) is 0. The Labute approximate surface area is 133 Å². The van der Waals surface area contributed by atoms with Gasteiger partial charge in [-0.15, -0.1) is 0 Å². The predicted octanol–water partition coefficient (Wildman–Crippen LogP) is 1.86. The van der Waals surface area contributed by atoms with E-state index in [9.17, 15) is 24.8 Å². The number of amides is 1. The highest BCUT2D eigenvalue weighted by atomic mass is 32.1. The van der Waals surface area contributed by atoms with Crippen molar-refractivity contribution in [3.63, 3.8) is 0 Å². The Balaban J connectivity index is 1.92. The van der Waals surface area contributed by atoms with Crippen LogP contribution in [0.2, 0.25) is 0 Å². The number of rotatable bonds is 5. The van der Waals surface area contributed by atoms with Crippen molar-refractivity contribution >= 4 is 33.3 Å². The molecule has 1 aromatic carbocycles. The summed E-state index contributed by atoms with van der Waals surface area (Å²) in [4.78, 5) is 37.0. The zero-order valence-electron chi connectivity index (χ0n) is 11.8. The van der Waals surface area contributed by atoms with Gasteiger partial charge in [0, 0.05) is 0 Å². The molecule has 0 bridgehead atoms. The minimum atomic E-state index is -0.855. The van der Waals surface area contributed by atoms with Crippen LogP contribution >= 0.6 is 11.3 Å². The number of nitro groups is 1. The molecular weight excluding hydrogens is 326 g/mol. The number of aromatic nitrogens is 1. The van der Waals surface area contributed by atoms with E-state index in [0.717, 1.165) is 6.20 Å². The summed E-state index contributed by atoms with van der Waals surface area (Å²) in [5, 5.41) is 22.3. The van der Waals surface area contributed by atoms with Gasteiger partial charge in [-0.1, -0.05) is 12.1 Å². The minimum Gasteiger partial charge on any atom is -0.507 e. The number of hydrogen-bond donors (Lipinski definition) is 2. The third kappa shape index (κ3) is 4.01. The van der Waals surface area contributed by atoms with Crippen LogP contribution in [0.4, 0.5) is 10.1 Å². The van der Waals surface area contributed by atoms with E-state index in [-0.39, 0.29) is 21.4 Å². The Morgan fingerprint density at radius 2 is 2.22 bits per heavy atom. The Kier molecular flexibility index (Phi) is 4.86. The van der Waals surface area contributed by atoms with Crippen molar-refractivity contribution in [2.75, 3.05) is 11.9 Å². The van der Waals surface area contributed by atoms with Gasteiger partial charge in [0.2, 0.25) is 0 Å². The van der Waals surface area contributed by atoms with Crippen LogP contribution in [0.5, 0.6) is 5.75 Å². The zero-order chi connectivity index (χ0) is 17.0. The normalized spacial score (nSPS) is 10.1. The molecular formula is C13H11N3O6S. The van der Waals surface area contributed by atoms with Gasteiger partial charge in [0.1, 0.15) is 17.5 Å². The number of hydrogen-bond acceptors (Lipinski definition) is 8. The first-order chi connectivity index (χ1) is 10.9. The molecule has 2 aromatic rings. The van der Waals surface area contributed by atoms with Gasteiger partial charge in [-0.05, 0) is 29.9 Å². The highest BCUT2D eigenvalue weighted by Crippen LogP contribution is 2.25. The van der Waals surface area contributed by atoms with Crippen LogP contribution in [0.3, 0.4) is 0 Å². The first-order valence-corrected chi connectivity index (χ1v) is 7.06. The van der Waals surface area contributed by atoms with Crippen LogP contribution in [0.25, 0.3) is 0 Å². The number of thiazole rings is 1. The van der Waals surface area contributed by atoms with Gasteiger partial charge in [0.25, 0.3) is 5.91 Å². The number of ether oxygens (including phenoxy) is 1. The van der Waals surface area contributed by atoms with Crippen LogP contribution in [-0.2, 0) is 9.53 Å².